The predicted octanol–water partition coefficient (Wildman–Crippen LogP) is 1.23. The Hall–Kier alpha value is -1.26. The Bertz CT molecular complexity index is 348. The molecule has 4 nitrogen and oxygen atoms in total. The number of ether oxygens (including phenoxy) is 2. The molecule has 4 heteroatoms. The summed E-state index contributed by atoms with van der Waals surface area (Å²) in [5.41, 5.74) is 0.854. The summed E-state index contributed by atoms with van der Waals surface area (Å²) in [5, 5.41) is 9.82. The Morgan fingerprint density at radius 1 is 1.38 bits per heavy atom. The molecule has 1 heterocycles. The second-order valence-corrected chi connectivity index (χ2v) is 3.85. The smallest absolute Gasteiger partial charge is 0.127 e. The van der Waals surface area contributed by atoms with Crippen LogP contribution in [0, 0.1) is 0 Å². The van der Waals surface area contributed by atoms with Crippen molar-refractivity contribution in [2.75, 3.05) is 33.4 Å². The molecule has 1 fully saturated rings. The molecular weight excluding hydrogens is 206 g/mol. The predicted molar refractivity (Wildman–Crippen MR) is 60.8 cm³/mol. The Morgan fingerprint density at radius 3 is 2.81 bits per heavy atom. The lowest BCUT2D eigenvalue weighted by atomic mass is 10.1. The molecule has 0 atom stereocenters. The van der Waals surface area contributed by atoms with Crippen LogP contribution < -0.4 is 4.74 Å². The van der Waals surface area contributed by atoms with Gasteiger partial charge in [0.15, 0.2) is 0 Å². The minimum atomic E-state index is 0.297. The van der Waals surface area contributed by atoms with Crippen LogP contribution in [0.3, 0.4) is 0 Å². The summed E-state index contributed by atoms with van der Waals surface area (Å²) in [4.78, 5) is 2.25. The van der Waals surface area contributed by atoms with Gasteiger partial charge in [-0.2, -0.15) is 0 Å². The summed E-state index contributed by atoms with van der Waals surface area (Å²) < 4.78 is 10.5. The molecule has 1 aliphatic rings. The van der Waals surface area contributed by atoms with Gasteiger partial charge in [-0.05, 0) is 12.1 Å². The second kappa shape index (κ2) is 5.18. The van der Waals surface area contributed by atoms with Gasteiger partial charge in [0.05, 0.1) is 20.3 Å². The lowest BCUT2D eigenvalue weighted by Gasteiger charge is -2.27. The van der Waals surface area contributed by atoms with Crippen LogP contribution in [-0.2, 0) is 11.3 Å². The van der Waals surface area contributed by atoms with Crippen molar-refractivity contribution in [3.63, 3.8) is 0 Å². The van der Waals surface area contributed by atoms with Crippen LogP contribution in [0.2, 0.25) is 0 Å². The molecule has 0 aliphatic carbocycles. The summed E-state index contributed by atoms with van der Waals surface area (Å²) in [6.45, 7) is 4.03. The van der Waals surface area contributed by atoms with Crippen molar-refractivity contribution in [3.8, 4) is 11.5 Å². The van der Waals surface area contributed by atoms with E-state index in [2.05, 4.69) is 4.90 Å². The number of phenolic OH excluding ortho intramolecular Hbond substituents is 1. The normalized spacial score (nSPS) is 17.3. The molecule has 1 saturated heterocycles. The maximum Gasteiger partial charge on any atom is 0.127 e. The van der Waals surface area contributed by atoms with Crippen LogP contribution >= 0.6 is 0 Å². The molecule has 0 unspecified atom stereocenters. The first-order valence-electron chi connectivity index (χ1n) is 5.46. The summed E-state index contributed by atoms with van der Waals surface area (Å²) >= 11 is 0. The quantitative estimate of drug-likeness (QED) is 0.837. The standard InChI is InChI=1S/C12H17NO3/c1-15-12-4-2-3-11(14)10(12)9-13-5-7-16-8-6-13/h2-4,14H,5-9H2,1H3. The van der Waals surface area contributed by atoms with Gasteiger partial charge in [0.1, 0.15) is 11.5 Å². The number of rotatable bonds is 3. The molecule has 88 valence electrons. The zero-order valence-electron chi connectivity index (χ0n) is 9.48. The van der Waals surface area contributed by atoms with Gasteiger partial charge >= 0.3 is 0 Å². The topological polar surface area (TPSA) is 41.9 Å². The molecule has 0 saturated carbocycles. The zero-order valence-corrected chi connectivity index (χ0v) is 9.48. The molecule has 1 aromatic rings. The number of phenols is 1. The van der Waals surface area contributed by atoms with Gasteiger partial charge in [-0.3, -0.25) is 4.90 Å². The minimum absolute atomic E-state index is 0.297. The number of hydrogen-bond donors (Lipinski definition) is 1. The number of methoxy groups -OCH3 is 1. The van der Waals surface area contributed by atoms with E-state index >= 15 is 0 Å². The van der Waals surface area contributed by atoms with Crippen LogP contribution in [0.1, 0.15) is 5.56 Å². The molecule has 0 aromatic heterocycles. The Kier molecular flexibility index (Phi) is 3.64. The van der Waals surface area contributed by atoms with Crippen LogP contribution in [0.15, 0.2) is 18.2 Å². The van der Waals surface area contributed by atoms with Gasteiger partial charge in [0, 0.05) is 25.2 Å². The number of hydrogen-bond acceptors (Lipinski definition) is 4. The van der Waals surface area contributed by atoms with Crippen LogP contribution in [0.4, 0.5) is 0 Å². The van der Waals surface area contributed by atoms with E-state index in [4.69, 9.17) is 9.47 Å². The molecule has 1 aliphatic heterocycles. The number of morpholine rings is 1. The van der Waals surface area contributed by atoms with Crippen molar-refractivity contribution in [3.05, 3.63) is 23.8 Å². The van der Waals surface area contributed by atoms with Crippen molar-refractivity contribution < 1.29 is 14.6 Å². The average molecular weight is 223 g/mol. The molecule has 1 N–H and O–H groups in total. The lowest BCUT2D eigenvalue weighted by Crippen LogP contribution is -2.35. The maximum atomic E-state index is 9.82. The molecule has 2 rings (SSSR count). The molecule has 0 amide bonds. The maximum absolute atomic E-state index is 9.82. The first-order valence-corrected chi connectivity index (χ1v) is 5.46. The van der Waals surface area contributed by atoms with Gasteiger partial charge in [-0.15, -0.1) is 0 Å². The van der Waals surface area contributed by atoms with Gasteiger partial charge in [0.2, 0.25) is 0 Å². The fourth-order valence-electron chi connectivity index (χ4n) is 1.89. The highest BCUT2D eigenvalue weighted by Crippen LogP contribution is 2.28. The van der Waals surface area contributed by atoms with E-state index in [9.17, 15) is 5.11 Å². The fraction of sp³-hybridized carbons (Fsp3) is 0.500. The highest BCUT2D eigenvalue weighted by molar-refractivity contribution is 5.43. The second-order valence-electron chi connectivity index (χ2n) is 3.85. The summed E-state index contributed by atoms with van der Waals surface area (Å²) in [7, 11) is 1.62. The molecule has 0 spiro atoms. The highest BCUT2D eigenvalue weighted by atomic mass is 16.5. The molecule has 0 bridgehead atoms. The fourth-order valence-corrected chi connectivity index (χ4v) is 1.89. The van der Waals surface area contributed by atoms with Crippen LogP contribution in [0.25, 0.3) is 0 Å². The van der Waals surface area contributed by atoms with Crippen LogP contribution in [0.5, 0.6) is 11.5 Å². The van der Waals surface area contributed by atoms with E-state index < -0.39 is 0 Å². The Balaban J connectivity index is 2.12. The summed E-state index contributed by atoms with van der Waals surface area (Å²) in [5.74, 6) is 1.04. The highest BCUT2D eigenvalue weighted by Gasteiger charge is 2.15. The summed E-state index contributed by atoms with van der Waals surface area (Å²) in [6, 6.07) is 5.35. The van der Waals surface area contributed by atoms with Crippen molar-refractivity contribution in [2.45, 2.75) is 6.54 Å². The SMILES string of the molecule is COc1cccc(O)c1CN1CCOCC1. The third-order valence-electron chi connectivity index (χ3n) is 2.81. The van der Waals surface area contributed by atoms with E-state index in [1.165, 1.54) is 0 Å². The van der Waals surface area contributed by atoms with Crippen molar-refractivity contribution in [2.24, 2.45) is 0 Å². The van der Waals surface area contributed by atoms with E-state index in [1.54, 1.807) is 19.2 Å². The van der Waals surface area contributed by atoms with Crippen molar-refractivity contribution in [1.82, 2.24) is 4.90 Å². The summed E-state index contributed by atoms with van der Waals surface area (Å²) in [6.07, 6.45) is 0. The Morgan fingerprint density at radius 2 is 2.12 bits per heavy atom. The van der Waals surface area contributed by atoms with E-state index in [-0.39, 0.29) is 0 Å². The average Bonchev–Trinajstić information content (AvgIpc) is 2.33. The Labute approximate surface area is 95.4 Å². The van der Waals surface area contributed by atoms with Crippen molar-refractivity contribution in [1.29, 1.82) is 0 Å². The van der Waals surface area contributed by atoms with Crippen LogP contribution in [-0.4, -0.2) is 43.4 Å². The van der Waals surface area contributed by atoms with E-state index in [0.29, 0.717) is 12.3 Å². The monoisotopic (exact) mass is 223 g/mol. The molecule has 16 heavy (non-hydrogen) atoms. The molecule has 1 aromatic carbocycles. The molecule has 0 radical (unpaired) electrons. The van der Waals surface area contributed by atoms with Gasteiger partial charge in [-0.25, -0.2) is 0 Å². The van der Waals surface area contributed by atoms with Gasteiger partial charge < -0.3 is 14.6 Å². The first kappa shape index (κ1) is 11.2. The number of aromatic hydroxyl groups is 1. The lowest BCUT2D eigenvalue weighted by molar-refractivity contribution is 0.0335. The van der Waals surface area contributed by atoms with E-state index in [1.807, 2.05) is 6.07 Å². The first-order chi connectivity index (χ1) is 7.81. The van der Waals surface area contributed by atoms with Gasteiger partial charge in [0.25, 0.3) is 0 Å². The molecular formula is C12H17NO3. The number of nitrogens with zero attached hydrogens (tertiary/aromatic N) is 1. The minimum Gasteiger partial charge on any atom is -0.507 e. The number of benzene rings is 1. The largest absolute Gasteiger partial charge is 0.507 e. The van der Waals surface area contributed by atoms with E-state index in [0.717, 1.165) is 37.6 Å². The van der Waals surface area contributed by atoms with Crippen molar-refractivity contribution >= 4 is 0 Å². The zero-order chi connectivity index (χ0) is 11.4. The third-order valence-corrected chi connectivity index (χ3v) is 2.81. The third kappa shape index (κ3) is 2.46. The van der Waals surface area contributed by atoms with Gasteiger partial charge in [-0.1, -0.05) is 6.07 Å².